The van der Waals surface area contributed by atoms with Gasteiger partial charge < -0.3 is 15.4 Å². The maximum atomic E-state index is 12.5. The smallest absolute Gasteiger partial charge is 0.338 e. The van der Waals surface area contributed by atoms with Gasteiger partial charge in [0.1, 0.15) is 0 Å². The molecule has 0 saturated carbocycles. The number of thiophene rings is 1. The topological polar surface area (TPSA) is 80.3 Å². The van der Waals surface area contributed by atoms with E-state index in [0.29, 0.717) is 17.0 Å². The van der Waals surface area contributed by atoms with Crippen LogP contribution in [0.4, 0.5) is 4.79 Å². The Morgan fingerprint density at radius 2 is 2.24 bits per heavy atom. The number of nitrogens with zero attached hydrogens (tertiary/aromatic N) is 1. The maximum absolute atomic E-state index is 12.5. The lowest BCUT2D eigenvalue weighted by molar-refractivity contribution is -0.139. The van der Waals surface area contributed by atoms with E-state index >= 15 is 0 Å². The van der Waals surface area contributed by atoms with Gasteiger partial charge in [0.05, 0.1) is 23.2 Å². The number of ether oxygens (including phenoxy) is 1. The summed E-state index contributed by atoms with van der Waals surface area (Å²) in [5.41, 5.74) is 0.989. The summed E-state index contributed by atoms with van der Waals surface area (Å²) in [6.45, 7) is 2.03. The Morgan fingerprint density at radius 1 is 1.36 bits per heavy atom. The third kappa shape index (κ3) is 4.21. The van der Waals surface area contributed by atoms with Crippen LogP contribution in [0.2, 0.25) is 0 Å². The molecular weight excluding hydrogens is 358 g/mol. The van der Waals surface area contributed by atoms with E-state index in [1.165, 1.54) is 23.1 Å². The molecule has 0 aromatic carbocycles. The van der Waals surface area contributed by atoms with Crippen molar-refractivity contribution in [2.24, 2.45) is 0 Å². The summed E-state index contributed by atoms with van der Waals surface area (Å²) in [6, 6.07) is 8.56. The zero-order chi connectivity index (χ0) is 17.6. The van der Waals surface area contributed by atoms with Crippen LogP contribution in [-0.2, 0) is 9.53 Å². The minimum absolute atomic E-state index is 0.272. The lowest BCUT2D eigenvalue weighted by atomic mass is 10.0. The molecule has 3 rings (SSSR count). The highest BCUT2D eigenvalue weighted by Crippen LogP contribution is 2.32. The molecule has 8 heteroatoms. The molecule has 1 atom stereocenters. The highest BCUT2D eigenvalue weighted by atomic mass is 32.2. The number of amides is 2. The largest absolute Gasteiger partial charge is 0.463 e. The summed E-state index contributed by atoms with van der Waals surface area (Å²) in [7, 11) is 0. The number of hydrogen-bond donors (Lipinski definition) is 2. The van der Waals surface area contributed by atoms with Crippen LogP contribution in [0.3, 0.4) is 0 Å². The number of pyridine rings is 1. The molecular formula is C17H17N3O3S2. The summed E-state index contributed by atoms with van der Waals surface area (Å²) in [5.74, 6) is -0.00879. The van der Waals surface area contributed by atoms with Crippen molar-refractivity contribution in [3.8, 4) is 0 Å². The Morgan fingerprint density at radius 3 is 2.92 bits per heavy atom. The number of rotatable bonds is 6. The van der Waals surface area contributed by atoms with Crippen molar-refractivity contribution >= 4 is 35.1 Å². The molecule has 6 nitrogen and oxygen atoms in total. The fourth-order valence-electron chi connectivity index (χ4n) is 2.43. The quantitative estimate of drug-likeness (QED) is 0.599. The zero-order valence-corrected chi connectivity index (χ0v) is 15.2. The molecule has 0 aliphatic carbocycles. The van der Waals surface area contributed by atoms with Crippen molar-refractivity contribution in [3.63, 3.8) is 0 Å². The molecule has 0 fully saturated rings. The number of carbonyl (C=O) groups is 2. The summed E-state index contributed by atoms with van der Waals surface area (Å²) in [6.07, 6.45) is 1.71. The van der Waals surface area contributed by atoms with Crippen LogP contribution in [0.15, 0.2) is 58.2 Å². The van der Waals surface area contributed by atoms with Gasteiger partial charge in [0, 0.05) is 22.5 Å². The Bertz CT molecular complexity index is 776. The first-order chi connectivity index (χ1) is 12.2. The Kier molecular flexibility index (Phi) is 5.72. The van der Waals surface area contributed by atoms with E-state index < -0.39 is 12.0 Å². The van der Waals surface area contributed by atoms with Gasteiger partial charge >= 0.3 is 12.0 Å². The fraction of sp³-hybridized carbons (Fsp3) is 0.235. The van der Waals surface area contributed by atoms with Gasteiger partial charge in [0.2, 0.25) is 0 Å². The van der Waals surface area contributed by atoms with Crippen LogP contribution < -0.4 is 10.6 Å². The highest BCUT2D eigenvalue weighted by molar-refractivity contribution is 7.99. The van der Waals surface area contributed by atoms with E-state index in [0.717, 1.165) is 9.90 Å². The molecule has 25 heavy (non-hydrogen) atoms. The number of hydrogen-bond acceptors (Lipinski definition) is 6. The molecule has 3 heterocycles. The molecule has 0 spiro atoms. The van der Waals surface area contributed by atoms with Crippen molar-refractivity contribution < 1.29 is 14.3 Å². The van der Waals surface area contributed by atoms with Gasteiger partial charge in [-0.25, -0.2) is 14.6 Å². The molecule has 0 radical (unpaired) electrons. The number of carbonyl (C=O) groups excluding carboxylic acids is 2. The standard InChI is InChI=1S/C17H17N3O3S2/c1-2-23-16(21)14-11(10-25-13-7-3-4-8-18-13)19-17(22)20-15(14)12-6-5-9-24-12/h3-9,15H,2,10H2,1H3,(H2,19,20,22)/t15-/m0/s1. The van der Waals surface area contributed by atoms with Gasteiger partial charge in [0.15, 0.2) is 0 Å². The lowest BCUT2D eigenvalue weighted by Gasteiger charge is -2.28. The predicted molar refractivity (Wildman–Crippen MR) is 97.3 cm³/mol. The monoisotopic (exact) mass is 375 g/mol. The molecule has 2 N–H and O–H groups in total. The van der Waals surface area contributed by atoms with Gasteiger partial charge in [-0.3, -0.25) is 0 Å². The number of aromatic nitrogens is 1. The second kappa shape index (κ2) is 8.17. The van der Waals surface area contributed by atoms with Crippen molar-refractivity contribution in [2.45, 2.75) is 18.0 Å². The van der Waals surface area contributed by atoms with Gasteiger partial charge in [-0.15, -0.1) is 23.1 Å². The zero-order valence-electron chi connectivity index (χ0n) is 13.5. The van der Waals surface area contributed by atoms with Crippen LogP contribution in [0.5, 0.6) is 0 Å². The van der Waals surface area contributed by atoms with E-state index in [9.17, 15) is 9.59 Å². The molecule has 0 unspecified atom stereocenters. The number of esters is 1. The third-order valence-corrected chi connectivity index (χ3v) is 5.39. The van der Waals surface area contributed by atoms with Crippen LogP contribution >= 0.6 is 23.1 Å². The van der Waals surface area contributed by atoms with Crippen LogP contribution in [0.1, 0.15) is 17.8 Å². The maximum Gasteiger partial charge on any atom is 0.338 e. The number of nitrogens with one attached hydrogen (secondary N) is 2. The minimum Gasteiger partial charge on any atom is -0.463 e. The van der Waals surface area contributed by atoms with Crippen molar-refractivity contribution in [3.05, 3.63) is 58.1 Å². The highest BCUT2D eigenvalue weighted by Gasteiger charge is 2.34. The van der Waals surface area contributed by atoms with E-state index in [1.54, 1.807) is 13.1 Å². The van der Waals surface area contributed by atoms with Crippen molar-refractivity contribution in [1.29, 1.82) is 0 Å². The molecule has 0 saturated heterocycles. The summed E-state index contributed by atoms with van der Waals surface area (Å²) < 4.78 is 5.22. The first-order valence-corrected chi connectivity index (χ1v) is 9.60. The van der Waals surface area contributed by atoms with E-state index in [4.69, 9.17) is 4.74 Å². The van der Waals surface area contributed by atoms with Crippen molar-refractivity contribution in [1.82, 2.24) is 15.6 Å². The first kappa shape index (κ1) is 17.5. The minimum atomic E-state index is -0.507. The molecule has 130 valence electrons. The normalized spacial score (nSPS) is 17.0. The Labute approximate surface area is 153 Å². The Balaban J connectivity index is 1.93. The molecule has 1 aliphatic rings. The van der Waals surface area contributed by atoms with Gasteiger partial charge in [-0.1, -0.05) is 12.1 Å². The van der Waals surface area contributed by atoms with Crippen LogP contribution in [0, 0.1) is 0 Å². The van der Waals surface area contributed by atoms with Gasteiger partial charge in [-0.05, 0) is 30.5 Å². The molecule has 0 bridgehead atoms. The van der Waals surface area contributed by atoms with E-state index in [2.05, 4.69) is 15.6 Å². The van der Waals surface area contributed by atoms with Gasteiger partial charge in [0.25, 0.3) is 0 Å². The SMILES string of the molecule is CCOC(=O)C1=C(CSc2ccccn2)NC(=O)N[C@H]1c1cccs1. The average molecular weight is 375 g/mol. The summed E-state index contributed by atoms with van der Waals surface area (Å²) in [4.78, 5) is 29.8. The lowest BCUT2D eigenvalue weighted by Crippen LogP contribution is -2.46. The Hall–Kier alpha value is -2.32. The number of urea groups is 1. The molecule has 2 amide bonds. The summed E-state index contributed by atoms with van der Waals surface area (Å²) >= 11 is 2.94. The first-order valence-electron chi connectivity index (χ1n) is 7.74. The van der Waals surface area contributed by atoms with E-state index in [-0.39, 0.29) is 12.6 Å². The fourth-order valence-corrected chi connectivity index (χ4v) is 4.04. The molecule has 2 aromatic heterocycles. The second-order valence-corrected chi connectivity index (χ2v) is 7.09. The predicted octanol–water partition coefficient (Wildman–Crippen LogP) is 3.11. The third-order valence-electron chi connectivity index (χ3n) is 3.48. The van der Waals surface area contributed by atoms with E-state index in [1.807, 2.05) is 35.7 Å². The van der Waals surface area contributed by atoms with Crippen LogP contribution in [-0.4, -0.2) is 29.3 Å². The van der Waals surface area contributed by atoms with Crippen LogP contribution in [0.25, 0.3) is 0 Å². The molecule has 2 aromatic rings. The van der Waals surface area contributed by atoms with Crippen molar-refractivity contribution in [2.75, 3.05) is 12.4 Å². The second-order valence-electron chi connectivity index (χ2n) is 5.12. The summed E-state index contributed by atoms with van der Waals surface area (Å²) in [5, 5.41) is 8.30. The average Bonchev–Trinajstić information content (AvgIpc) is 3.15. The van der Waals surface area contributed by atoms with Gasteiger partial charge in [-0.2, -0.15) is 0 Å². The number of thioether (sulfide) groups is 1. The molecule has 1 aliphatic heterocycles.